The van der Waals surface area contributed by atoms with E-state index in [9.17, 15) is 9.59 Å². The molecule has 0 bridgehead atoms. The van der Waals surface area contributed by atoms with E-state index in [0.29, 0.717) is 12.2 Å². The quantitative estimate of drug-likeness (QED) is 0.608. The van der Waals surface area contributed by atoms with Crippen molar-refractivity contribution < 1.29 is 9.59 Å². The SMILES string of the molecule is CSCCC(NC(N)=O)C(=O)NCc1nc2ccccc2[nH]1. The topological polar surface area (TPSA) is 113 Å². The Kier molecular flexibility index (Phi) is 5.65. The summed E-state index contributed by atoms with van der Waals surface area (Å²) >= 11 is 1.60. The minimum atomic E-state index is -0.704. The molecule has 1 unspecified atom stereocenters. The van der Waals surface area contributed by atoms with Gasteiger partial charge in [0.1, 0.15) is 11.9 Å². The lowest BCUT2D eigenvalue weighted by atomic mass is 10.2. The number of rotatable bonds is 7. The number of urea groups is 1. The number of hydrogen-bond donors (Lipinski definition) is 4. The third-order valence-electron chi connectivity index (χ3n) is 3.11. The fraction of sp³-hybridized carbons (Fsp3) is 0.357. The molecule has 2 aromatic rings. The van der Waals surface area contributed by atoms with Crippen LogP contribution in [0, 0.1) is 0 Å². The summed E-state index contributed by atoms with van der Waals surface area (Å²) in [6.07, 6.45) is 2.46. The van der Waals surface area contributed by atoms with E-state index in [1.165, 1.54) is 0 Å². The van der Waals surface area contributed by atoms with Gasteiger partial charge in [-0.25, -0.2) is 9.78 Å². The normalized spacial score (nSPS) is 12.0. The Bertz CT molecular complexity index is 624. The van der Waals surface area contributed by atoms with Gasteiger partial charge in [-0.1, -0.05) is 12.1 Å². The van der Waals surface area contributed by atoms with Gasteiger partial charge in [-0.15, -0.1) is 0 Å². The maximum absolute atomic E-state index is 12.1. The van der Waals surface area contributed by atoms with Crippen LogP contribution >= 0.6 is 11.8 Å². The number of aromatic amines is 1. The highest BCUT2D eigenvalue weighted by Crippen LogP contribution is 2.10. The van der Waals surface area contributed by atoms with Crippen LogP contribution in [0.25, 0.3) is 11.0 Å². The highest BCUT2D eigenvalue weighted by Gasteiger charge is 2.19. The van der Waals surface area contributed by atoms with Crippen molar-refractivity contribution in [3.8, 4) is 0 Å². The smallest absolute Gasteiger partial charge is 0.312 e. The van der Waals surface area contributed by atoms with Gasteiger partial charge in [-0.3, -0.25) is 4.79 Å². The lowest BCUT2D eigenvalue weighted by molar-refractivity contribution is -0.123. The van der Waals surface area contributed by atoms with Gasteiger partial charge in [0.25, 0.3) is 0 Å². The van der Waals surface area contributed by atoms with Crippen LogP contribution in [0.5, 0.6) is 0 Å². The van der Waals surface area contributed by atoms with Gasteiger partial charge in [-0.2, -0.15) is 11.8 Å². The third-order valence-corrected chi connectivity index (χ3v) is 3.76. The number of carbonyl (C=O) groups is 2. The van der Waals surface area contributed by atoms with Gasteiger partial charge in [0, 0.05) is 0 Å². The number of imidazole rings is 1. The molecule has 1 aromatic heterocycles. The molecule has 1 heterocycles. The first-order chi connectivity index (χ1) is 10.6. The molecule has 0 spiro atoms. The van der Waals surface area contributed by atoms with Crippen molar-refractivity contribution in [3.05, 3.63) is 30.1 Å². The van der Waals surface area contributed by atoms with Gasteiger partial charge >= 0.3 is 6.03 Å². The molecule has 22 heavy (non-hydrogen) atoms. The van der Waals surface area contributed by atoms with Crippen molar-refractivity contribution in [3.63, 3.8) is 0 Å². The van der Waals surface area contributed by atoms with Crippen LogP contribution in [-0.4, -0.2) is 40.0 Å². The van der Waals surface area contributed by atoms with Crippen molar-refractivity contribution in [1.29, 1.82) is 0 Å². The number of nitrogens with zero attached hydrogens (tertiary/aromatic N) is 1. The van der Waals surface area contributed by atoms with E-state index in [0.717, 1.165) is 16.8 Å². The standard InChI is InChI=1S/C14H19N5O2S/c1-22-7-6-11(19-14(15)21)13(20)16-8-12-17-9-4-2-3-5-10(9)18-12/h2-5,11H,6-8H2,1H3,(H,16,20)(H,17,18)(H3,15,19,21). The Morgan fingerprint density at radius 1 is 1.41 bits per heavy atom. The number of primary amides is 1. The van der Waals surface area contributed by atoms with E-state index >= 15 is 0 Å². The van der Waals surface area contributed by atoms with E-state index in [1.807, 2.05) is 30.5 Å². The number of H-pyrrole nitrogens is 1. The molecule has 0 saturated carbocycles. The summed E-state index contributed by atoms with van der Waals surface area (Å²) < 4.78 is 0. The van der Waals surface area contributed by atoms with E-state index in [1.54, 1.807) is 11.8 Å². The Morgan fingerprint density at radius 2 is 2.18 bits per heavy atom. The zero-order chi connectivity index (χ0) is 15.9. The number of benzene rings is 1. The fourth-order valence-electron chi connectivity index (χ4n) is 2.06. The second kappa shape index (κ2) is 7.69. The average molecular weight is 321 g/mol. The van der Waals surface area contributed by atoms with Crippen LogP contribution in [0.2, 0.25) is 0 Å². The number of fused-ring (bicyclic) bond motifs is 1. The Morgan fingerprint density at radius 3 is 2.86 bits per heavy atom. The first-order valence-electron chi connectivity index (χ1n) is 6.86. The predicted molar refractivity (Wildman–Crippen MR) is 87.4 cm³/mol. The summed E-state index contributed by atoms with van der Waals surface area (Å²) in [4.78, 5) is 30.6. The predicted octanol–water partition coefficient (Wildman–Crippen LogP) is 0.969. The van der Waals surface area contributed by atoms with E-state index in [2.05, 4.69) is 20.6 Å². The molecule has 3 amide bonds. The molecular weight excluding hydrogens is 302 g/mol. The van der Waals surface area contributed by atoms with Gasteiger partial charge in [0.05, 0.1) is 17.6 Å². The number of thioether (sulfide) groups is 1. The molecular formula is C14H19N5O2S. The second-order valence-corrected chi connectivity index (χ2v) is 5.75. The third kappa shape index (κ3) is 4.39. The van der Waals surface area contributed by atoms with Crippen LogP contribution in [-0.2, 0) is 11.3 Å². The Balaban J connectivity index is 1.95. The molecule has 2 rings (SSSR count). The van der Waals surface area contributed by atoms with Crippen LogP contribution in [0.3, 0.4) is 0 Å². The fourth-order valence-corrected chi connectivity index (χ4v) is 2.53. The average Bonchev–Trinajstić information content (AvgIpc) is 2.91. The molecule has 0 aliphatic carbocycles. The summed E-state index contributed by atoms with van der Waals surface area (Å²) in [6.45, 7) is 0.268. The molecule has 118 valence electrons. The second-order valence-electron chi connectivity index (χ2n) is 4.76. The lowest BCUT2D eigenvalue weighted by Crippen LogP contribution is -2.48. The highest BCUT2D eigenvalue weighted by atomic mass is 32.2. The van der Waals surface area contributed by atoms with Crippen LogP contribution in [0.1, 0.15) is 12.2 Å². The maximum Gasteiger partial charge on any atom is 0.312 e. The van der Waals surface area contributed by atoms with E-state index < -0.39 is 12.1 Å². The van der Waals surface area contributed by atoms with Crippen LogP contribution in [0.15, 0.2) is 24.3 Å². The molecule has 0 saturated heterocycles. The summed E-state index contributed by atoms with van der Waals surface area (Å²) in [5.74, 6) is 1.15. The largest absolute Gasteiger partial charge is 0.352 e. The first-order valence-corrected chi connectivity index (χ1v) is 8.25. The molecule has 1 atom stereocenters. The van der Waals surface area contributed by atoms with Crippen molar-refractivity contribution >= 4 is 34.7 Å². The molecule has 8 heteroatoms. The van der Waals surface area contributed by atoms with E-state index in [4.69, 9.17) is 5.73 Å². The van der Waals surface area contributed by atoms with Crippen LogP contribution < -0.4 is 16.4 Å². The number of aromatic nitrogens is 2. The maximum atomic E-state index is 12.1. The highest BCUT2D eigenvalue weighted by molar-refractivity contribution is 7.98. The zero-order valence-electron chi connectivity index (χ0n) is 12.3. The van der Waals surface area contributed by atoms with Crippen molar-refractivity contribution in [2.45, 2.75) is 19.0 Å². The number of amides is 3. The number of carbonyl (C=O) groups excluding carboxylic acids is 2. The number of hydrogen-bond acceptors (Lipinski definition) is 4. The molecule has 5 N–H and O–H groups in total. The van der Waals surface area contributed by atoms with Gasteiger partial charge < -0.3 is 21.4 Å². The molecule has 0 radical (unpaired) electrons. The molecule has 0 fully saturated rings. The van der Waals surface area contributed by atoms with Gasteiger partial charge in [-0.05, 0) is 30.6 Å². The number of para-hydroxylation sites is 2. The monoisotopic (exact) mass is 321 g/mol. The zero-order valence-corrected chi connectivity index (χ0v) is 13.1. The van der Waals surface area contributed by atoms with Crippen molar-refractivity contribution in [1.82, 2.24) is 20.6 Å². The molecule has 7 nitrogen and oxygen atoms in total. The number of nitrogens with two attached hydrogens (primary N) is 1. The first kappa shape index (κ1) is 16.2. The van der Waals surface area contributed by atoms with E-state index in [-0.39, 0.29) is 12.5 Å². The minimum Gasteiger partial charge on any atom is -0.352 e. The van der Waals surface area contributed by atoms with Crippen molar-refractivity contribution in [2.75, 3.05) is 12.0 Å². The molecule has 0 aliphatic rings. The van der Waals surface area contributed by atoms with Crippen LogP contribution in [0.4, 0.5) is 4.79 Å². The summed E-state index contributed by atoms with van der Waals surface area (Å²) in [5.41, 5.74) is 6.87. The summed E-state index contributed by atoms with van der Waals surface area (Å²) in [7, 11) is 0. The summed E-state index contributed by atoms with van der Waals surface area (Å²) in [5, 5.41) is 5.22. The van der Waals surface area contributed by atoms with Gasteiger partial charge in [0.15, 0.2) is 0 Å². The lowest BCUT2D eigenvalue weighted by Gasteiger charge is -2.16. The van der Waals surface area contributed by atoms with Crippen molar-refractivity contribution in [2.24, 2.45) is 5.73 Å². The number of nitrogens with one attached hydrogen (secondary N) is 3. The molecule has 1 aromatic carbocycles. The van der Waals surface area contributed by atoms with Gasteiger partial charge in [0.2, 0.25) is 5.91 Å². The minimum absolute atomic E-state index is 0.268. The Labute approximate surface area is 132 Å². The molecule has 0 aliphatic heterocycles. The summed E-state index contributed by atoms with van der Waals surface area (Å²) in [6, 6.07) is 6.30. The Hall–Kier alpha value is -2.22.